The number of aliphatic hydroxyl groups is 2. The van der Waals surface area contributed by atoms with Crippen LogP contribution in [0.2, 0.25) is 0 Å². The molecule has 0 radical (unpaired) electrons. The molecule has 1 heterocycles. The van der Waals surface area contributed by atoms with Gasteiger partial charge in [0.15, 0.2) is 11.2 Å². The first-order chi connectivity index (χ1) is 23.5. The van der Waals surface area contributed by atoms with Crippen molar-refractivity contribution < 1.29 is 53.1 Å². The zero-order valence-electron chi connectivity index (χ0n) is 27.1. The van der Waals surface area contributed by atoms with Gasteiger partial charge in [0.1, 0.15) is 28.7 Å². The molecule has 2 aromatic carbocycles. The molecule has 2 N–H and O–H groups in total. The SMILES string of the molecule is CCOC(=O)C1=C(O)c2ccccc2C2(C(=O)OCC)N=C(CC3(C(=O)OCC)C(=O)c4ccccc4C(O)=C3C(=O)OCC)C(C#N)=C12. The number of ether oxygens (including phenoxy) is 4. The first-order valence-corrected chi connectivity index (χ1v) is 15.6. The number of hydrogen-bond donors (Lipinski definition) is 2. The lowest BCUT2D eigenvalue weighted by atomic mass is 9.65. The Labute approximate surface area is 280 Å². The van der Waals surface area contributed by atoms with E-state index in [2.05, 4.69) is 0 Å². The van der Waals surface area contributed by atoms with Crippen LogP contribution >= 0.6 is 0 Å². The molecule has 0 saturated carbocycles. The average Bonchev–Trinajstić information content (AvgIpc) is 3.42. The summed E-state index contributed by atoms with van der Waals surface area (Å²) < 4.78 is 21.3. The molecule has 13 heteroatoms. The molecule has 13 nitrogen and oxygen atoms in total. The summed E-state index contributed by atoms with van der Waals surface area (Å²) >= 11 is 0. The number of carbonyl (C=O) groups excluding carboxylic acids is 5. The van der Waals surface area contributed by atoms with Gasteiger partial charge >= 0.3 is 23.9 Å². The van der Waals surface area contributed by atoms with Gasteiger partial charge in [-0.3, -0.25) is 14.6 Å². The van der Waals surface area contributed by atoms with Crippen molar-refractivity contribution in [3.05, 3.63) is 93.1 Å². The number of nitrogens with zero attached hydrogens (tertiary/aromatic N) is 2. The molecule has 2 atom stereocenters. The maximum absolute atomic E-state index is 14.6. The van der Waals surface area contributed by atoms with E-state index in [1.807, 2.05) is 6.07 Å². The van der Waals surface area contributed by atoms with E-state index in [1.54, 1.807) is 12.1 Å². The van der Waals surface area contributed by atoms with Gasteiger partial charge < -0.3 is 29.2 Å². The monoisotopic (exact) mass is 668 g/mol. The molecule has 2 aromatic rings. The van der Waals surface area contributed by atoms with Crippen molar-refractivity contribution in [2.75, 3.05) is 26.4 Å². The summed E-state index contributed by atoms with van der Waals surface area (Å²) in [4.78, 5) is 74.8. The molecule has 0 saturated heterocycles. The van der Waals surface area contributed by atoms with E-state index in [1.165, 1.54) is 64.1 Å². The molecular formula is C36H32N2O11. The maximum atomic E-state index is 14.6. The van der Waals surface area contributed by atoms with Gasteiger partial charge in [0.25, 0.3) is 0 Å². The molecular weight excluding hydrogens is 636 g/mol. The van der Waals surface area contributed by atoms with Crippen LogP contribution in [-0.2, 0) is 43.7 Å². The molecule has 5 rings (SSSR count). The van der Waals surface area contributed by atoms with E-state index in [-0.39, 0.29) is 48.7 Å². The number of aliphatic hydroxyl groups excluding tert-OH is 2. The minimum Gasteiger partial charge on any atom is -0.507 e. The van der Waals surface area contributed by atoms with E-state index in [0.717, 1.165) is 0 Å². The number of ketones is 1. The number of benzene rings is 2. The predicted molar refractivity (Wildman–Crippen MR) is 172 cm³/mol. The minimum atomic E-state index is -2.69. The van der Waals surface area contributed by atoms with Crippen molar-refractivity contribution >= 4 is 46.9 Å². The number of Topliss-reactive ketones (excluding diaryl/α,β-unsaturated/α-hetero) is 1. The molecule has 1 aliphatic heterocycles. The summed E-state index contributed by atoms with van der Waals surface area (Å²) in [5, 5.41) is 33.8. The third-order valence-electron chi connectivity index (χ3n) is 8.44. The lowest BCUT2D eigenvalue weighted by molar-refractivity contribution is -0.153. The summed E-state index contributed by atoms with van der Waals surface area (Å²) in [6, 6.07) is 13.6. The normalized spacial score (nSPS) is 20.8. The second-order valence-corrected chi connectivity index (χ2v) is 11.0. The second-order valence-electron chi connectivity index (χ2n) is 11.0. The first-order valence-electron chi connectivity index (χ1n) is 15.6. The van der Waals surface area contributed by atoms with Gasteiger partial charge in [-0.2, -0.15) is 5.26 Å². The fraction of sp³-hybridized carbons (Fsp3) is 0.306. The number of aliphatic imine (C=N–C) groups is 1. The summed E-state index contributed by atoms with van der Waals surface area (Å²) in [5.74, 6) is -6.93. The molecule has 2 aliphatic carbocycles. The first kappa shape index (κ1) is 34.3. The third kappa shape index (κ3) is 4.99. The van der Waals surface area contributed by atoms with Crippen LogP contribution in [0.25, 0.3) is 11.5 Å². The number of fused-ring (bicyclic) bond motifs is 4. The quantitative estimate of drug-likeness (QED) is 0.208. The van der Waals surface area contributed by atoms with Crippen molar-refractivity contribution in [2.45, 2.75) is 39.7 Å². The van der Waals surface area contributed by atoms with Crippen molar-refractivity contribution in [1.82, 2.24) is 0 Å². The van der Waals surface area contributed by atoms with Crippen molar-refractivity contribution in [3.63, 3.8) is 0 Å². The molecule has 0 aromatic heterocycles. The van der Waals surface area contributed by atoms with Crippen LogP contribution in [0.15, 0.2) is 75.8 Å². The lowest BCUT2D eigenvalue weighted by Gasteiger charge is -2.35. The molecule has 0 amide bonds. The third-order valence-corrected chi connectivity index (χ3v) is 8.44. The fourth-order valence-corrected chi connectivity index (χ4v) is 6.53. The van der Waals surface area contributed by atoms with Gasteiger partial charge in [0.05, 0.1) is 37.7 Å². The van der Waals surface area contributed by atoms with Gasteiger partial charge in [0.2, 0.25) is 5.54 Å². The predicted octanol–water partition coefficient (Wildman–Crippen LogP) is 4.23. The van der Waals surface area contributed by atoms with Crippen LogP contribution in [0.3, 0.4) is 0 Å². The Morgan fingerprint density at radius 1 is 0.755 bits per heavy atom. The van der Waals surface area contributed by atoms with Crippen molar-refractivity contribution in [3.8, 4) is 6.07 Å². The Morgan fingerprint density at radius 2 is 1.31 bits per heavy atom. The zero-order chi connectivity index (χ0) is 35.7. The minimum absolute atomic E-state index is 0.0113. The number of nitriles is 1. The van der Waals surface area contributed by atoms with Crippen LogP contribution in [0.5, 0.6) is 0 Å². The average molecular weight is 669 g/mol. The topological polar surface area (TPSA) is 199 Å². The Balaban J connectivity index is 1.91. The van der Waals surface area contributed by atoms with E-state index in [4.69, 9.17) is 23.9 Å². The zero-order valence-corrected chi connectivity index (χ0v) is 27.1. The molecule has 252 valence electrons. The highest BCUT2D eigenvalue weighted by molar-refractivity contribution is 6.29. The largest absolute Gasteiger partial charge is 0.507 e. The number of carbonyl (C=O) groups is 5. The van der Waals surface area contributed by atoms with Gasteiger partial charge in [-0.05, 0) is 27.7 Å². The summed E-state index contributed by atoms with van der Waals surface area (Å²) in [6.07, 6.45) is -0.913. The standard InChI is InChI=1S/C36H32N2O11/c1-5-46-31(42)25-26-22(18-37)24(38-36(26,34(45)49-8-4)23-16-12-11-15-21(23)28(25)39)17-35(33(44)48-7-3)27(32(43)47-6-2)29(40)19-13-9-10-14-20(19)30(35)41/h9-16,39-40H,5-8,17H2,1-4H3. The molecule has 49 heavy (non-hydrogen) atoms. The summed E-state index contributed by atoms with van der Waals surface area (Å²) in [7, 11) is 0. The molecule has 0 bridgehead atoms. The van der Waals surface area contributed by atoms with Gasteiger partial charge in [-0.15, -0.1) is 0 Å². The maximum Gasteiger partial charge on any atom is 0.343 e. The van der Waals surface area contributed by atoms with Crippen LogP contribution in [0.4, 0.5) is 0 Å². The number of hydrogen-bond acceptors (Lipinski definition) is 13. The number of allylic oxidation sites excluding steroid dienone is 1. The van der Waals surface area contributed by atoms with Gasteiger partial charge in [-0.25, -0.2) is 14.4 Å². The van der Waals surface area contributed by atoms with E-state index in [0.29, 0.717) is 0 Å². The Morgan fingerprint density at radius 3 is 1.92 bits per heavy atom. The number of rotatable bonds is 10. The highest BCUT2D eigenvalue weighted by atomic mass is 16.5. The van der Waals surface area contributed by atoms with E-state index >= 15 is 0 Å². The molecule has 2 unspecified atom stereocenters. The summed E-state index contributed by atoms with van der Waals surface area (Å²) in [6.45, 7) is 5.26. The summed E-state index contributed by atoms with van der Waals surface area (Å²) in [5.41, 5.74) is -7.73. The van der Waals surface area contributed by atoms with E-state index in [9.17, 15) is 39.4 Å². The highest BCUT2D eigenvalue weighted by Gasteiger charge is 2.63. The molecule has 0 spiro atoms. The van der Waals surface area contributed by atoms with Crippen molar-refractivity contribution in [1.29, 1.82) is 5.26 Å². The van der Waals surface area contributed by atoms with Crippen LogP contribution in [-0.4, -0.2) is 72.0 Å². The van der Waals surface area contributed by atoms with Crippen molar-refractivity contribution in [2.24, 2.45) is 10.4 Å². The molecule has 0 fully saturated rings. The lowest BCUT2D eigenvalue weighted by Crippen LogP contribution is -2.49. The Hall–Kier alpha value is -6.03. The fourth-order valence-electron chi connectivity index (χ4n) is 6.53. The Bertz CT molecular complexity index is 1980. The highest BCUT2D eigenvalue weighted by Crippen LogP contribution is 2.55. The Kier molecular flexibility index (Phi) is 9.26. The van der Waals surface area contributed by atoms with Crippen LogP contribution < -0.4 is 0 Å². The van der Waals surface area contributed by atoms with Crippen LogP contribution in [0.1, 0.15) is 61.2 Å². The van der Waals surface area contributed by atoms with E-state index < -0.39 is 86.6 Å². The smallest absolute Gasteiger partial charge is 0.343 e. The van der Waals surface area contributed by atoms with Gasteiger partial charge in [0, 0.05) is 34.2 Å². The van der Waals surface area contributed by atoms with Gasteiger partial charge in [-0.1, -0.05) is 48.5 Å². The molecule has 3 aliphatic rings. The van der Waals surface area contributed by atoms with Crippen LogP contribution in [0, 0.1) is 16.7 Å². The second kappa shape index (κ2) is 13.2. The number of esters is 4.